The molecule has 0 heterocycles. The maximum Gasteiger partial charge on any atom is 0.0890 e. The number of quaternary nitrogens is 1. The van der Waals surface area contributed by atoms with Gasteiger partial charge >= 0.3 is 0 Å². The molecule has 0 spiro atoms. The monoisotopic (exact) mass is 489 g/mol. The first-order valence-corrected chi connectivity index (χ1v) is 14.1. The SMILES string of the molecule is CCCCCCC(CCC)[N+](CCCCCC)(CCCCCC)CCCCCC.[Br-]. The van der Waals surface area contributed by atoms with Crippen molar-refractivity contribution in [3.63, 3.8) is 0 Å². The van der Waals surface area contributed by atoms with Gasteiger partial charge in [-0.05, 0) is 57.8 Å². The molecule has 0 aliphatic heterocycles. The molecule has 0 N–H and O–H groups in total. The second-order valence-electron chi connectivity index (χ2n) is 9.86. The minimum absolute atomic E-state index is 0. The average Bonchev–Trinajstić information content (AvgIpc) is 2.73. The maximum absolute atomic E-state index is 2.43. The van der Waals surface area contributed by atoms with Gasteiger partial charge in [-0.25, -0.2) is 0 Å². The molecule has 0 aromatic rings. The van der Waals surface area contributed by atoms with Crippen LogP contribution >= 0.6 is 0 Å². The van der Waals surface area contributed by atoms with E-state index in [0.717, 1.165) is 6.04 Å². The molecule has 30 heavy (non-hydrogen) atoms. The van der Waals surface area contributed by atoms with E-state index in [1.54, 1.807) is 0 Å². The van der Waals surface area contributed by atoms with E-state index in [9.17, 15) is 0 Å². The molecule has 0 fully saturated rings. The summed E-state index contributed by atoms with van der Waals surface area (Å²) in [4.78, 5) is 0. The van der Waals surface area contributed by atoms with Crippen molar-refractivity contribution in [3.8, 4) is 0 Å². The van der Waals surface area contributed by atoms with Gasteiger partial charge in [0.1, 0.15) is 0 Å². The maximum atomic E-state index is 2.43. The third kappa shape index (κ3) is 16.1. The molecular formula is C28H60BrN. The molecule has 1 atom stereocenters. The fourth-order valence-corrected chi connectivity index (χ4v) is 5.28. The molecule has 0 aromatic heterocycles. The van der Waals surface area contributed by atoms with Gasteiger partial charge in [-0.15, -0.1) is 0 Å². The number of hydrogen-bond acceptors (Lipinski definition) is 0. The van der Waals surface area contributed by atoms with Gasteiger partial charge in [-0.2, -0.15) is 0 Å². The summed E-state index contributed by atoms with van der Waals surface area (Å²) in [5, 5.41) is 0. The lowest BCUT2D eigenvalue weighted by Gasteiger charge is -2.46. The standard InChI is InChI=1S/C28H60N.BrH/c1-6-11-15-19-24-28(23-10-5)29(25-20-16-12-7-2,26-21-17-13-8-3)27-22-18-14-9-4;/h28H,6-27H2,1-5H3;1H/q+1;/p-1. The highest BCUT2D eigenvalue weighted by Crippen LogP contribution is 2.28. The Bertz CT molecular complexity index is 286. The molecule has 0 aromatic carbocycles. The van der Waals surface area contributed by atoms with Crippen molar-refractivity contribution >= 4 is 0 Å². The largest absolute Gasteiger partial charge is 1.00 e. The predicted octanol–water partition coefficient (Wildman–Crippen LogP) is 6.69. The Kier molecular flexibility index (Phi) is 26.2. The molecular weight excluding hydrogens is 430 g/mol. The van der Waals surface area contributed by atoms with Crippen molar-refractivity contribution in [3.05, 3.63) is 0 Å². The Morgan fingerprint density at radius 3 is 1.10 bits per heavy atom. The fourth-order valence-electron chi connectivity index (χ4n) is 5.28. The summed E-state index contributed by atoms with van der Waals surface area (Å²) in [5.74, 6) is 0. The number of hydrogen-bond donors (Lipinski definition) is 0. The summed E-state index contributed by atoms with van der Waals surface area (Å²) in [6.45, 7) is 16.2. The van der Waals surface area contributed by atoms with Gasteiger partial charge in [0, 0.05) is 0 Å². The second kappa shape index (κ2) is 24.1. The van der Waals surface area contributed by atoms with E-state index < -0.39 is 0 Å². The minimum Gasteiger partial charge on any atom is -1.00 e. The van der Waals surface area contributed by atoms with E-state index in [4.69, 9.17) is 0 Å². The summed E-state index contributed by atoms with van der Waals surface area (Å²) in [7, 11) is 0. The molecule has 0 saturated heterocycles. The fraction of sp³-hybridized carbons (Fsp3) is 1.00. The molecule has 1 nitrogen and oxygen atoms in total. The van der Waals surface area contributed by atoms with Crippen LogP contribution in [0.5, 0.6) is 0 Å². The summed E-state index contributed by atoms with van der Waals surface area (Å²) < 4.78 is 1.48. The summed E-state index contributed by atoms with van der Waals surface area (Å²) in [5.41, 5.74) is 0. The van der Waals surface area contributed by atoms with Crippen LogP contribution in [-0.4, -0.2) is 30.2 Å². The molecule has 2 heteroatoms. The molecule has 0 bridgehead atoms. The van der Waals surface area contributed by atoms with E-state index in [2.05, 4.69) is 34.6 Å². The normalized spacial score (nSPS) is 12.7. The van der Waals surface area contributed by atoms with Gasteiger partial charge < -0.3 is 21.5 Å². The highest BCUT2D eigenvalue weighted by atomic mass is 79.9. The Morgan fingerprint density at radius 1 is 0.400 bits per heavy atom. The van der Waals surface area contributed by atoms with E-state index in [-0.39, 0.29) is 17.0 Å². The number of nitrogens with zero attached hydrogens (tertiary/aromatic N) is 1. The Morgan fingerprint density at radius 2 is 0.767 bits per heavy atom. The lowest BCUT2D eigenvalue weighted by atomic mass is 9.96. The van der Waals surface area contributed by atoms with Gasteiger partial charge in [0.15, 0.2) is 0 Å². The Balaban J connectivity index is 0. The molecule has 0 aliphatic rings. The third-order valence-electron chi connectivity index (χ3n) is 7.16. The minimum atomic E-state index is 0. The smallest absolute Gasteiger partial charge is 0.0890 e. The highest BCUT2D eigenvalue weighted by Gasteiger charge is 2.34. The first-order chi connectivity index (χ1) is 14.2. The summed E-state index contributed by atoms with van der Waals surface area (Å²) >= 11 is 0. The third-order valence-corrected chi connectivity index (χ3v) is 7.16. The molecule has 184 valence electrons. The number of unbranched alkanes of at least 4 members (excludes halogenated alkanes) is 12. The molecule has 0 amide bonds. The van der Waals surface area contributed by atoms with Gasteiger partial charge in [-0.3, -0.25) is 0 Å². The van der Waals surface area contributed by atoms with Crippen LogP contribution in [0.15, 0.2) is 0 Å². The van der Waals surface area contributed by atoms with Crippen molar-refractivity contribution in [1.82, 2.24) is 0 Å². The van der Waals surface area contributed by atoms with Gasteiger partial charge in [0.05, 0.1) is 25.7 Å². The predicted molar refractivity (Wildman–Crippen MR) is 135 cm³/mol. The zero-order valence-electron chi connectivity index (χ0n) is 22.0. The molecule has 0 saturated carbocycles. The lowest BCUT2D eigenvalue weighted by molar-refractivity contribution is -0.952. The van der Waals surface area contributed by atoms with Crippen molar-refractivity contribution in [1.29, 1.82) is 0 Å². The van der Waals surface area contributed by atoms with Gasteiger partial charge in [-0.1, -0.05) is 98.8 Å². The summed E-state index contributed by atoms with van der Waals surface area (Å²) in [6.07, 6.45) is 27.2. The van der Waals surface area contributed by atoms with Crippen LogP contribution in [0.3, 0.4) is 0 Å². The van der Waals surface area contributed by atoms with Gasteiger partial charge in [0.2, 0.25) is 0 Å². The van der Waals surface area contributed by atoms with Crippen LogP contribution in [-0.2, 0) is 0 Å². The van der Waals surface area contributed by atoms with E-state index in [1.165, 1.54) is 146 Å². The van der Waals surface area contributed by atoms with Crippen molar-refractivity contribution in [2.45, 2.75) is 163 Å². The van der Waals surface area contributed by atoms with Crippen LogP contribution in [0, 0.1) is 0 Å². The molecule has 0 aliphatic carbocycles. The lowest BCUT2D eigenvalue weighted by Crippen LogP contribution is -3.00. The van der Waals surface area contributed by atoms with Crippen LogP contribution in [0.4, 0.5) is 0 Å². The molecule has 0 rings (SSSR count). The summed E-state index contributed by atoms with van der Waals surface area (Å²) in [6, 6.07) is 0.932. The van der Waals surface area contributed by atoms with E-state index >= 15 is 0 Å². The van der Waals surface area contributed by atoms with Crippen molar-refractivity contribution in [2.24, 2.45) is 0 Å². The number of halogens is 1. The van der Waals surface area contributed by atoms with Crippen LogP contribution in [0.2, 0.25) is 0 Å². The van der Waals surface area contributed by atoms with E-state index in [0.29, 0.717) is 0 Å². The van der Waals surface area contributed by atoms with Crippen molar-refractivity contribution < 1.29 is 21.5 Å². The van der Waals surface area contributed by atoms with Crippen molar-refractivity contribution in [2.75, 3.05) is 19.6 Å². The number of rotatable bonds is 23. The van der Waals surface area contributed by atoms with Crippen LogP contribution in [0.25, 0.3) is 0 Å². The highest BCUT2D eigenvalue weighted by molar-refractivity contribution is 4.64. The first-order valence-electron chi connectivity index (χ1n) is 14.1. The second-order valence-corrected chi connectivity index (χ2v) is 9.86. The first kappa shape index (κ1) is 32.6. The molecule has 0 radical (unpaired) electrons. The Labute approximate surface area is 203 Å². The Hall–Kier alpha value is 0.440. The van der Waals surface area contributed by atoms with Crippen LogP contribution < -0.4 is 17.0 Å². The topological polar surface area (TPSA) is 0 Å². The zero-order chi connectivity index (χ0) is 21.6. The van der Waals surface area contributed by atoms with Gasteiger partial charge in [0.25, 0.3) is 0 Å². The van der Waals surface area contributed by atoms with E-state index in [1.807, 2.05) is 0 Å². The quantitative estimate of drug-likeness (QED) is 0.111. The molecule has 1 unspecified atom stereocenters. The van der Waals surface area contributed by atoms with Crippen LogP contribution in [0.1, 0.15) is 157 Å². The zero-order valence-corrected chi connectivity index (χ0v) is 23.5. The average molecular weight is 491 g/mol.